The third-order valence-corrected chi connectivity index (χ3v) is 4.22. The van der Waals surface area contributed by atoms with Crippen LogP contribution in [0.5, 0.6) is 0 Å². The number of allylic oxidation sites excluding steroid dienone is 1. The maximum atomic E-state index is 13.4. The van der Waals surface area contributed by atoms with E-state index in [0.717, 1.165) is 17.9 Å². The first kappa shape index (κ1) is 18.3. The van der Waals surface area contributed by atoms with E-state index >= 15 is 0 Å². The number of aldehydes is 1. The zero-order valence-electron chi connectivity index (χ0n) is 13.2. The van der Waals surface area contributed by atoms with Crippen molar-refractivity contribution in [3.63, 3.8) is 0 Å². The molecule has 126 valence electrons. The topological polar surface area (TPSA) is 17.1 Å². The van der Waals surface area contributed by atoms with Gasteiger partial charge in [0.05, 0.1) is 5.92 Å². The molecule has 0 fully saturated rings. The average molecular weight is 353 g/mol. The molecule has 2 aromatic rings. The lowest BCUT2D eigenvalue weighted by Crippen LogP contribution is -2.19. The second-order valence-corrected chi connectivity index (χ2v) is 6.03. The number of carbonyl (C=O) groups excluding carboxylic acids is 1. The first-order valence-corrected chi connectivity index (χ1v) is 7.67. The number of benzene rings is 2. The number of carbonyl (C=O) groups is 1. The van der Waals surface area contributed by atoms with E-state index in [1.54, 1.807) is 32.0 Å². The fraction of sp³-hybridized carbons (Fsp3) is 0.211. The maximum Gasteiger partial charge on any atom is 0.399 e. The summed E-state index contributed by atoms with van der Waals surface area (Å²) in [6, 6.07) is 9.21. The molecule has 1 unspecified atom stereocenters. The van der Waals surface area contributed by atoms with Gasteiger partial charge in [-0.2, -0.15) is 13.2 Å². The number of rotatable bonds is 4. The van der Waals surface area contributed by atoms with Gasteiger partial charge in [-0.05, 0) is 42.2 Å². The Bertz CT molecular complexity index is 779. The highest BCUT2D eigenvalue weighted by molar-refractivity contribution is 6.31. The van der Waals surface area contributed by atoms with E-state index in [0.29, 0.717) is 21.7 Å². The summed E-state index contributed by atoms with van der Waals surface area (Å²) in [6.07, 6.45) is -1.14. The fourth-order valence-electron chi connectivity index (χ4n) is 2.41. The third kappa shape index (κ3) is 4.26. The molecular weight excluding hydrogens is 337 g/mol. The van der Waals surface area contributed by atoms with E-state index < -0.39 is 12.1 Å². The lowest BCUT2D eigenvalue weighted by molar-refractivity contribution is -0.139. The molecule has 1 atom stereocenters. The summed E-state index contributed by atoms with van der Waals surface area (Å²) >= 11 is 5.89. The standard InChI is InChI=1S/C19H16ClF3O/c1-12-9-14(3-5-16(12)11-24)4-7-17(19(21,22)23)15-6-8-18(20)13(2)10-15/h3-11,17H,1-2H3/b7-4+. The second-order valence-electron chi connectivity index (χ2n) is 5.62. The van der Waals surface area contributed by atoms with Gasteiger partial charge in [0.2, 0.25) is 0 Å². The van der Waals surface area contributed by atoms with E-state index in [1.807, 2.05) is 0 Å². The molecule has 0 amide bonds. The first-order valence-electron chi connectivity index (χ1n) is 7.29. The van der Waals surface area contributed by atoms with Gasteiger partial charge in [-0.1, -0.05) is 54.1 Å². The van der Waals surface area contributed by atoms with Crippen LogP contribution in [0.2, 0.25) is 5.02 Å². The molecule has 2 aromatic carbocycles. The van der Waals surface area contributed by atoms with Crippen LogP contribution in [-0.2, 0) is 0 Å². The minimum Gasteiger partial charge on any atom is -0.298 e. The zero-order chi connectivity index (χ0) is 17.9. The lowest BCUT2D eigenvalue weighted by atomic mass is 9.95. The van der Waals surface area contributed by atoms with Gasteiger partial charge in [0.15, 0.2) is 0 Å². The number of aryl methyl sites for hydroxylation is 2. The Morgan fingerprint density at radius 3 is 2.29 bits per heavy atom. The highest BCUT2D eigenvalue weighted by Gasteiger charge is 2.38. The van der Waals surface area contributed by atoms with Crippen LogP contribution in [0.3, 0.4) is 0 Å². The minimum atomic E-state index is -4.41. The van der Waals surface area contributed by atoms with Crippen molar-refractivity contribution in [2.45, 2.75) is 25.9 Å². The molecule has 1 nitrogen and oxygen atoms in total. The zero-order valence-corrected chi connectivity index (χ0v) is 13.9. The summed E-state index contributed by atoms with van der Waals surface area (Å²) in [5.74, 6) is -1.72. The summed E-state index contributed by atoms with van der Waals surface area (Å²) in [5.41, 5.74) is 2.59. The van der Waals surface area contributed by atoms with E-state index in [-0.39, 0.29) is 5.56 Å². The van der Waals surface area contributed by atoms with Crippen LogP contribution in [0.25, 0.3) is 6.08 Å². The van der Waals surface area contributed by atoms with Crippen LogP contribution >= 0.6 is 11.6 Å². The molecule has 0 saturated carbocycles. The van der Waals surface area contributed by atoms with Gasteiger partial charge in [-0.3, -0.25) is 4.79 Å². The first-order chi connectivity index (χ1) is 11.2. The molecule has 0 spiro atoms. The van der Waals surface area contributed by atoms with Crippen molar-refractivity contribution in [2.24, 2.45) is 0 Å². The number of halogens is 4. The van der Waals surface area contributed by atoms with E-state index in [4.69, 9.17) is 11.6 Å². The molecule has 0 bridgehead atoms. The van der Waals surface area contributed by atoms with Crippen molar-refractivity contribution in [1.82, 2.24) is 0 Å². The van der Waals surface area contributed by atoms with Crippen LogP contribution in [0, 0.1) is 13.8 Å². The summed E-state index contributed by atoms with van der Waals surface area (Å²) in [5, 5.41) is 0.434. The number of hydrogen-bond acceptors (Lipinski definition) is 1. The Balaban J connectivity index is 2.37. The Kier molecular flexibility index (Phi) is 5.50. The SMILES string of the molecule is Cc1cc(C(/C=C/c2ccc(C=O)c(C)c2)C(F)(F)F)ccc1Cl. The highest BCUT2D eigenvalue weighted by atomic mass is 35.5. The van der Waals surface area contributed by atoms with Crippen LogP contribution in [0.4, 0.5) is 13.2 Å². The molecule has 0 heterocycles. The van der Waals surface area contributed by atoms with Gasteiger partial charge in [0.25, 0.3) is 0 Å². The predicted octanol–water partition coefficient (Wildman–Crippen LogP) is 6.13. The van der Waals surface area contributed by atoms with E-state index in [2.05, 4.69) is 0 Å². The van der Waals surface area contributed by atoms with Gasteiger partial charge in [0.1, 0.15) is 6.29 Å². The van der Waals surface area contributed by atoms with Crippen LogP contribution in [0.1, 0.15) is 38.5 Å². The van der Waals surface area contributed by atoms with E-state index in [1.165, 1.54) is 24.3 Å². The molecule has 2 rings (SSSR count). The van der Waals surface area contributed by atoms with Gasteiger partial charge in [-0.25, -0.2) is 0 Å². The molecule has 0 saturated heterocycles. The molecule has 24 heavy (non-hydrogen) atoms. The molecule has 0 radical (unpaired) electrons. The van der Waals surface area contributed by atoms with Gasteiger partial charge in [0, 0.05) is 10.6 Å². The van der Waals surface area contributed by atoms with Gasteiger partial charge >= 0.3 is 6.18 Å². The summed E-state index contributed by atoms with van der Waals surface area (Å²) < 4.78 is 40.2. The molecule has 0 aromatic heterocycles. The molecule has 0 N–H and O–H groups in total. The largest absolute Gasteiger partial charge is 0.399 e. The molecule has 0 aliphatic rings. The normalized spacial score (nSPS) is 13.2. The Labute approximate surface area is 143 Å². The second kappa shape index (κ2) is 7.22. The van der Waals surface area contributed by atoms with Crippen molar-refractivity contribution in [3.8, 4) is 0 Å². The summed E-state index contributed by atoms with van der Waals surface area (Å²) in [7, 11) is 0. The quantitative estimate of drug-likeness (QED) is 0.605. The van der Waals surface area contributed by atoms with Gasteiger partial charge in [-0.15, -0.1) is 0 Å². The van der Waals surface area contributed by atoms with Crippen LogP contribution in [0.15, 0.2) is 42.5 Å². The smallest absolute Gasteiger partial charge is 0.298 e. The Morgan fingerprint density at radius 1 is 1.04 bits per heavy atom. The Morgan fingerprint density at radius 2 is 1.75 bits per heavy atom. The van der Waals surface area contributed by atoms with Crippen LogP contribution in [-0.4, -0.2) is 12.5 Å². The van der Waals surface area contributed by atoms with Crippen molar-refractivity contribution in [2.75, 3.05) is 0 Å². The van der Waals surface area contributed by atoms with Gasteiger partial charge < -0.3 is 0 Å². The Hall–Kier alpha value is -2.07. The highest BCUT2D eigenvalue weighted by Crippen LogP contribution is 2.37. The molecule has 5 heteroatoms. The van der Waals surface area contributed by atoms with Crippen molar-refractivity contribution in [3.05, 3.63) is 75.3 Å². The summed E-state index contributed by atoms with van der Waals surface area (Å²) in [6.45, 7) is 3.41. The van der Waals surface area contributed by atoms with E-state index in [9.17, 15) is 18.0 Å². The minimum absolute atomic E-state index is 0.141. The average Bonchev–Trinajstić information content (AvgIpc) is 2.50. The number of alkyl halides is 3. The predicted molar refractivity (Wildman–Crippen MR) is 90.6 cm³/mol. The summed E-state index contributed by atoms with van der Waals surface area (Å²) in [4.78, 5) is 10.8. The lowest BCUT2D eigenvalue weighted by Gasteiger charge is -2.18. The monoisotopic (exact) mass is 352 g/mol. The molecule has 0 aliphatic carbocycles. The van der Waals surface area contributed by atoms with Crippen molar-refractivity contribution < 1.29 is 18.0 Å². The van der Waals surface area contributed by atoms with Crippen LogP contribution < -0.4 is 0 Å². The third-order valence-electron chi connectivity index (χ3n) is 3.80. The maximum absolute atomic E-state index is 13.4. The number of hydrogen-bond donors (Lipinski definition) is 0. The fourth-order valence-corrected chi connectivity index (χ4v) is 2.53. The van der Waals surface area contributed by atoms with Crippen molar-refractivity contribution >= 4 is 24.0 Å². The molecular formula is C19H16ClF3O. The van der Waals surface area contributed by atoms with Crippen molar-refractivity contribution in [1.29, 1.82) is 0 Å². The molecule has 0 aliphatic heterocycles.